The molecule has 2 unspecified atom stereocenters. The van der Waals surface area contributed by atoms with Crippen molar-refractivity contribution in [2.45, 2.75) is 69.6 Å². The van der Waals surface area contributed by atoms with E-state index < -0.39 is 29.4 Å². The summed E-state index contributed by atoms with van der Waals surface area (Å²) < 4.78 is 11.8. The number of hydrogen-bond donors (Lipinski definition) is 4. The molecule has 0 bridgehead atoms. The molecule has 0 aliphatic carbocycles. The second-order valence-corrected chi connectivity index (χ2v) is 17.4. The molecular weight excluding hydrogens is 777 g/mol. The molecule has 0 saturated carbocycles. The highest BCUT2D eigenvalue weighted by Crippen LogP contribution is 2.44. The molecule has 2 amide bonds. The van der Waals surface area contributed by atoms with Gasteiger partial charge < -0.3 is 40.3 Å². The minimum absolute atomic E-state index is 0.00653. The van der Waals surface area contributed by atoms with Crippen molar-refractivity contribution >= 4 is 23.3 Å². The van der Waals surface area contributed by atoms with E-state index in [1.54, 1.807) is 42.5 Å². The largest absolute Gasteiger partial charge is 0.507 e. The van der Waals surface area contributed by atoms with E-state index in [9.17, 15) is 25.1 Å². The van der Waals surface area contributed by atoms with Crippen LogP contribution in [0.25, 0.3) is 11.3 Å². The molecule has 5 atom stereocenters. The molecule has 8 rings (SSSR count). The molecule has 4 aliphatic heterocycles. The first kappa shape index (κ1) is 42.0. The number of hydrogen-bond acceptors (Lipinski definition) is 14. The molecule has 6 heterocycles. The van der Waals surface area contributed by atoms with Gasteiger partial charge in [0.25, 0.3) is 5.88 Å². The van der Waals surface area contributed by atoms with Gasteiger partial charge in [0, 0.05) is 69.8 Å². The maximum absolute atomic E-state index is 14.5. The van der Waals surface area contributed by atoms with Gasteiger partial charge in [0.15, 0.2) is 11.6 Å². The minimum Gasteiger partial charge on any atom is -0.507 e. The molecular formula is C45H56N10O6. The molecule has 3 fully saturated rings. The van der Waals surface area contributed by atoms with Crippen LogP contribution in [-0.2, 0) is 9.59 Å². The van der Waals surface area contributed by atoms with Gasteiger partial charge in [-0.2, -0.15) is 5.26 Å². The van der Waals surface area contributed by atoms with Crippen molar-refractivity contribution in [2.75, 3.05) is 75.7 Å². The number of amides is 2. The summed E-state index contributed by atoms with van der Waals surface area (Å²) >= 11 is 0. The summed E-state index contributed by atoms with van der Waals surface area (Å²) in [5.41, 5.74) is 8.18. The fraction of sp³-hybridized carbons (Fsp3) is 0.511. The van der Waals surface area contributed by atoms with Crippen molar-refractivity contribution in [3.05, 3.63) is 77.6 Å². The second kappa shape index (κ2) is 17.7. The Morgan fingerprint density at radius 2 is 1.80 bits per heavy atom. The number of para-hydroxylation sites is 1. The molecule has 2 aromatic carbocycles. The van der Waals surface area contributed by atoms with Crippen molar-refractivity contribution < 1.29 is 29.1 Å². The van der Waals surface area contributed by atoms with E-state index in [2.05, 4.69) is 41.4 Å². The number of aliphatic hydroxyl groups excluding tert-OH is 1. The van der Waals surface area contributed by atoms with Crippen LogP contribution in [-0.4, -0.2) is 135 Å². The number of piperidine rings is 1. The minimum atomic E-state index is -1.49. The number of nitrogens with zero attached hydrogens (tertiary/aromatic N) is 8. The molecule has 322 valence electrons. The van der Waals surface area contributed by atoms with Crippen molar-refractivity contribution in [2.24, 2.45) is 17.6 Å². The number of rotatable bonds is 13. The molecule has 3 saturated heterocycles. The lowest BCUT2D eigenvalue weighted by Gasteiger charge is -2.47. The number of anilines is 2. The number of fused-ring (bicyclic) bond motifs is 3. The fourth-order valence-electron chi connectivity index (χ4n) is 9.94. The molecule has 61 heavy (non-hydrogen) atoms. The average Bonchev–Trinajstić information content (AvgIpc) is 3.88. The standard InChI is InChI=1S/C45H56N10O6/c1-28(2)41(43(58)55-27-34(56)22-45(55,44(47)59)29(3)32-10-8-30(23-46)9-11-32)39-21-40(51-61-39)60-19-18-52-14-12-31(13-15-52)25-53-16-17-54-33(26-53)24-48-42-37(54)20-36(49-50-42)35-6-4-5-7-38(35)57/h4-11,20-21,28-29,31,33-34,41,56-57H,12-19,22,24-27H2,1-3H3,(H2,47,59)(H,48,50)/t29-,33-,34?,41+,45?/m0/s1. The van der Waals surface area contributed by atoms with Crippen molar-refractivity contribution in [1.82, 2.24) is 30.1 Å². The molecule has 4 aliphatic rings. The molecule has 2 aromatic heterocycles. The maximum Gasteiger partial charge on any atom is 0.254 e. The van der Waals surface area contributed by atoms with Crippen LogP contribution in [0.4, 0.5) is 11.5 Å². The number of carbonyl (C=O) groups excluding carboxylic acids is 2. The van der Waals surface area contributed by atoms with Gasteiger partial charge in [-0.3, -0.25) is 19.4 Å². The zero-order valence-electron chi connectivity index (χ0n) is 35.1. The quantitative estimate of drug-likeness (QED) is 0.151. The van der Waals surface area contributed by atoms with Crippen LogP contribution in [0.2, 0.25) is 0 Å². The lowest BCUT2D eigenvalue weighted by molar-refractivity contribution is -0.147. The molecule has 5 N–H and O–H groups in total. The maximum atomic E-state index is 14.5. The predicted molar refractivity (Wildman–Crippen MR) is 228 cm³/mol. The lowest BCUT2D eigenvalue weighted by Crippen LogP contribution is -2.60. The van der Waals surface area contributed by atoms with Crippen LogP contribution in [0.1, 0.15) is 68.8 Å². The summed E-state index contributed by atoms with van der Waals surface area (Å²) in [6.45, 7) is 13.4. The van der Waals surface area contributed by atoms with E-state index in [4.69, 9.17) is 15.0 Å². The molecule has 16 heteroatoms. The highest BCUT2D eigenvalue weighted by atomic mass is 16.5. The van der Waals surface area contributed by atoms with Crippen LogP contribution in [0.3, 0.4) is 0 Å². The number of phenolic OH excluding ortho intramolecular Hbond substituents is 1. The highest BCUT2D eigenvalue weighted by Gasteiger charge is 2.57. The number of phenols is 1. The fourth-order valence-corrected chi connectivity index (χ4v) is 9.94. The predicted octanol–water partition coefficient (Wildman–Crippen LogP) is 3.78. The van der Waals surface area contributed by atoms with Gasteiger partial charge in [-0.15, -0.1) is 10.2 Å². The van der Waals surface area contributed by atoms with Crippen molar-refractivity contribution in [3.8, 4) is 29.0 Å². The third-order valence-electron chi connectivity index (χ3n) is 13.3. The molecule has 4 aromatic rings. The van der Waals surface area contributed by atoms with Gasteiger partial charge >= 0.3 is 0 Å². The van der Waals surface area contributed by atoms with E-state index >= 15 is 0 Å². The number of aliphatic hydroxyl groups is 1. The van der Waals surface area contributed by atoms with Gasteiger partial charge in [-0.05, 0) is 78.8 Å². The van der Waals surface area contributed by atoms with Gasteiger partial charge in [-0.25, -0.2) is 0 Å². The molecule has 0 spiro atoms. The Morgan fingerprint density at radius 3 is 2.52 bits per heavy atom. The highest BCUT2D eigenvalue weighted by molar-refractivity contribution is 5.94. The topological polar surface area (TPSA) is 210 Å². The third kappa shape index (κ3) is 8.46. The first-order chi connectivity index (χ1) is 29.4. The number of carbonyl (C=O) groups is 2. The number of likely N-dealkylation sites (tertiary alicyclic amines) is 2. The summed E-state index contributed by atoms with van der Waals surface area (Å²) in [6.07, 6.45) is 1.27. The van der Waals surface area contributed by atoms with Crippen LogP contribution in [0, 0.1) is 23.2 Å². The summed E-state index contributed by atoms with van der Waals surface area (Å²) in [7, 11) is 0. The Bertz CT molecular complexity index is 2240. The number of primary amides is 1. The number of nitrogens with two attached hydrogens (primary N) is 1. The van der Waals surface area contributed by atoms with Crippen LogP contribution in [0.5, 0.6) is 11.6 Å². The lowest BCUT2D eigenvalue weighted by atomic mass is 9.76. The van der Waals surface area contributed by atoms with E-state index in [1.165, 1.54) is 4.90 Å². The third-order valence-corrected chi connectivity index (χ3v) is 13.3. The van der Waals surface area contributed by atoms with E-state index in [0.29, 0.717) is 41.1 Å². The first-order valence-electron chi connectivity index (χ1n) is 21.4. The number of aromatic hydroxyl groups is 1. The number of benzene rings is 2. The molecule has 16 nitrogen and oxygen atoms in total. The Hall–Kier alpha value is -5.76. The van der Waals surface area contributed by atoms with Crippen LogP contribution < -0.4 is 20.7 Å². The number of aromatic nitrogens is 3. The Morgan fingerprint density at radius 1 is 1.03 bits per heavy atom. The van der Waals surface area contributed by atoms with Crippen LogP contribution >= 0.6 is 0 Å². The number of nitriles is 1. The number of piperazine rings is 1. The smallest absolute Gasteiger partial charge is 0.254 e. The summed E-state index contributed by atoms with van der Waals surface area (Å²) in [5.74, 6) is -0.463. The van der Waals surface area contributed by atoms with Crippen LogP contribution in [0.15, 0.2) is 65.2 Å². The van der Waals surface area contributed by atoms with E-state index in [1.807, 2.05) is 39.0 Å². The Labute approximate surface area is 356 Å². The summed E-state index contributed by atoms with van der Waals surface area (Å²) in [5, 5.41) is 47.0. The zero-order chi connectivity index (χ0) is 42.8. The first-order valence-corrected chi connectivity index (χ1v) is 21.4. The number of β-amino-alcohol motifs (C(OH)–C–C–N with tert-alkyl or cyclic N) is 1. The summed E-state index contributed by atoms with van der Waals surface area (Å²) in [6, 6.07) is 20.2. The summed E-state index contributed by atoms with van der Waals surface area (Å²) in [4.78, 5) is 36.7. The molecule has 0 radical (unpaired) electrons. The van der Waals surface area contributed by atoms with Crippen molar-refractivity contribution in [1.29, 1.82) is 5.26 Å². The van der Waals surface area contributed by atoms with Crippen molar-refractivity contribution in [3.63, 3.8) is 0 Å². The van der Waals surface area contributed by atoms with Gasteiger partial charge in [0.2, 0.25) is 11.8 Å². The average molecular weight is 833 g/mol. The Kier molecular flexibility index (Phi) is 12.2. The van der Waals surface area contributed by atoms with Gasteiger partial charge in [0.05, 0.1) is 35.2 Å². The zero-order valence-corrected chi connectivity index (χ0v) is 35.1. The van der Waals surface area contributed by atoms with E-state index in [0.717, 1.165) is 82.3 Å². The monoisotopic (exact) mass is 832 g/mol. The second-order valence-electron chi connectivity index (χ2n) is 17.4. The number of nitrogens with one attached hydrogen (secondary N) is 1. The SMILES string of the molecule is CC(C)[C@@H](C(=O)N1CC(O)CC1(C(N)=O)[C@@H](C)c1ccc(C#N)cc1)c1cc(OCCN2CCC(CN3CCN4c5cc(-c6ccccc6O)nnc5NC[C@H]4C3)CC2)no1. The number of ether oxygens (including phenoxy) is 1. The Balaban J connectivity index is 0.820. The van der Waals surface area contributed by atoms with Gasteiger partial charge in [0.1, 0.15) is 23.8 Å². The van der Waals surface area contributed by atoms with Gasteiger partial charge in [-0.1, -0.05) is 45.0 Å². The normalized spacial score (nSPS) is 23.1. The van der Waals surface area contributed by atoms with E-state index in [-0.39, 0.29) is 36.4 Å².